The highest BCUT2D eigenvalue weighted by molar-refractivity contribution is 8.02. The van der Waals surface area contributed by atoms with E-state index in [1.165, 1.54) is 24.9 Å². The fourth-order valence-corrected chi connectivity index (χ4v) is 3.85. The van der Waals surface area contributed by atoms with Gasteiger partial charge in [-0.1, -0.05) is 34.7 Å². The summed E-state index contributed by atoms with van der Waals surface area (Å²) in [5, 5.41) is 10.8. The molecule has 10 heteroatoms. The molecule has 0 saturated carbocycles. The molecule has 0 fully saturated rings. The molecule has 0 aliphatic heterocycles. The molecule has 0 spiro atoms. The number of nitrogens with one attached hydrogen (secondary N) is 1. The molecule has 1 N–H and O–H groups in total. The Morgan fingerprint density at radius 2 is 2.16 bits per heavy atom. The average Bonchev–Trinajstić information content (AvgIpc) is 3.01. The number of hydrogen-bond donors (Lipinski definition) is 1. The molecular weight excluding hydrogens is 386 g/mol. The second-order valence-corrected chi connectivity index (χ2v) is 7.69. The van der Waals surface area contributed by atoms with Gasteiger partial charge < -0.3 is 9.47 Å². The Bertz CT molecular complexity index is 769. The first-order valence-electron chi connectivity index (χ1n) is 7.26. The first-order chi connectivity index (χ1) is 11.9. The molecule has 0 radical (unpaired) electrons. The molecule has 0 saturated heterocycles. The van der Waals surface area contributed by atoms with Crippen molar-refractivity contribution >= 4 is 51.7 Å². The van der Waals surface area contributed by atoms with Crippen LogP contribution in [0.4, 0.5) is 5.13 Å². The van der Waals surface area contributed by atoms with Crippen LogP contribution in [-0.4, -0.2) is 41.0 Å². The zero-order valence-electron chi connectivity index (χ0n) is 13.7. The quantitative estimate of drug-likeness (QED) is 0.431. The lowest BCUT2D eigenvalue weighted by atomic mass is 10.2. The molecule has 0 aliphatic rings. The molecule has 0 aliphatic carbocycles. The van der Waals surface area contributed by atoms with Gasteiger partial charge in [0.15, 0.2) is 4.34 Å². The van der Waals surface area contributed by atoms with Crippen LogP contribution in [0, 0.1) is 0 Å². The number of carbonyl (C=O) groups is 2. The number of benzene rings is 1. The summed E-state index contributed by atoms with van der Waals surface area (Å²) in [7, 11) is 1.47. The van der Waals surface area contributed by atoms with Gasteiger partial charge in [-0.15, -0.1) is 10.2 Å². The van der Waals surface area contributed by atoms with Gasteiger partial charge in [-0.2, -0.15) is 0 Å². The summed E-state index contributed by atoms with van der Waals surface area (Å²) in [6.07, 6.45) is 0. The molecule has 1 amide bonds. The predicted molar refractivity (Wildman–Crippen MR) is 97.8 cm³/mol. The number of aromatic nitrogens is 2. The van der Waals surface area contributed by atoms with Gasteiger partial charge in [0.25, 0.3) is 5.91 Å². The Morgan fingerprint density at radius 1 is 1.40 bits per heavy atom. The van der Waals surface area contributed by atoms with Crippen LogP contribution >= 0.6 is 34.7 Å². The Hall–Kier alpha value is -1.84. The van der Waals surface area contributed by atoms with Crippen LogP contribution in [0.25, 0.3) is 0 Å². The molecule has 2 rings (SSSR count). The number of anilines is 1. The Morgan fingerprint density at radius 3 is 2.84 bits per heavy atom. The largest absolute Gasteiger partial charge is 0.496 e. The van der Waals surface area contributed by atoms with Gasteiger partial charge in [0, 0.05) is 5.02 Å². The van der Waals surface area contributed by atoms with Crippen LogP contribution in [0.2, 0.25) is 5.02 Å². The number of ether oxygens (including phenoxy) is 2. The second-order valence-electron chi connectivity index (χ2n) is 4.68. The summed E-state index contributed by atoms with van der Waals surface area (Å²) in [5.41, 5.74) is 0.291. The number of rotatable bonds is 7. The summed E-state index contributed by atoms with van der Waals surface area (Å²) in [6, 6.07) is 4.75. The van der Waals surface area contributed by atoms with Crippen molar-refractivity contribution in [1.29, 1.82) is 0 Å². The first-order valence-corrected chi connectivity index (χ1v) is 9.33. The Labute approximate surface area is 158 Å². The summed E-state index contributed by atoms with van der Waals surface area (Å²) in [5.74, 6) is -0.334. The number of halogens is 1. The smallest absolute Gasteiger partial charge is 0.319 e. The van der Waals surface area contributed by atoms with Crippen molar-refractivity contribution in [2.24, 2.45) is 0 Å². The average molecular weight is 402 g/mol. The number of thioether (sulfide) groups is 1. The van der Waals surface area contributed by atoms with Crippen LogP contribution in [0.15, 0.2) is 22.5 Å². The minimum absolute atomic E-state index is 0.291. The van der Waals surface area contributed by atoms with E-state index in [1.54, 1.807) is 26.0 Å². The predicted octanol–water partition coefficient (Wildman–Crippen LogP) is 3.50. The monoisotopic (exact) mass is 401 g/mol. The van der Waals surface area contributed by atoms with Gasteiger partial charge >= 0.3 is 5.97 Å². The van der Waals surface area contributed by atoms with Crippen molar-refractivity contribution < 1.29 is 19.1 Å². The maximum atomic E-state index is 12.4. The van der Waals surface area contributed by atoms with E-state index in [-0.39, 0.29) is 5.97 Å². The topological polar surface area (TPSA) is 90.4 Å². The number of hydrogen-bond acceptors (Lipinski definition) is 8. The molecule has 134 valence electrons. The molecule has 2 aromatic rings. The summed E-state index contributed by atoms with van der Waals surface area (Å²) >= 11 is 8.31. The van der Waals surface area contributed by atoms with Gasteiger partial charge in [-0.3, -0.25) is 14.9 Å². The number of amides is 1. The lowest BCUT2D eigenvalue weighted by Crippen LogP contribution is -2.16. The molecule has 1 aromatic carbocycles. The number of nitrogens with zero attached hydrogens (tertiary/aromatic N) is 2. The van der Waals surface area contributed by atoms with E-state index in [2.05, 4.69) is 15.5 Å². The maximum Gasteiger partial charge on any atom is 0.319 e. The number of methoxy groups -OCH3 is 1. The third-order valence-corrected chi connectivity index (χ3v) is 5.17. The SMILES string of the molecule is CCOC(=O)C(C)Sc1nnc(NC(=O)c2cc(Cl)ccc2OC)s1. The number of carbonyl (C=O) groups excluding carboxylic acids is 2. The van der Waals surface area contributed by atoms with E-state index in [0.717, 1.165) is 11.3 Å². The normalized spacial score (nSPS) is 11.7. The molecule has 1 heterocycles. The Balaban J connectivity index is 2.05. The molecule has 25 heavy (non-hydrogen) atoms. The lowest BCUT2D eigenvalue weighted by molar-refractivity contribution is -0.142. The van der Waals surface area contributed by atoms with Gasteiger partial charge in [0.05, 0.1) is 19.3 Å². The summed E-state index contributed by atoms with van der Waals surface area (Å²) < 4.78 is 10.7. The van der Waals surface area contributed by atoms with Crippen molar-refractivity contribution in [3.8, 4) is 5.75 Å². The summed E-state index contributed by atoms with van der Waals surface area (Å²) in [6.45, 7) is 3.79. The molecule has 7 nitrogen and oxygen atoms in total. The first kappa shape index (κ1) is 19.5. The van der Waals surface area contributed by atoms with Gasteiger partial charge in [0.1, 0.15) is 11.0 Å². The summed E-state index contributed by atoms with van der Waals surface area (Å²) in [4.78, 5) is 24.0. The molecule has 0 bridgehead atoms. The van der Waals surface area contributed by atoms with Crippen LogP contribution in [0.1, 0.15) is 24.2 Å². The zero-order chi connectivity index (χ0) is 18.4. The fourth-order valence-electron chi connectivity index (χ4n) is 1.79. The molecule has 1 atom stereocenters. The minimum Gasteiger partial charge on any atom is -0.496 e. The van der Waals surface area contributed by atoms with Crippen LogP contribution in [-0.2, 0) is 9.53 Å². The third kappa shape index (κ3) is 5.32. The molecule has 1 aromatic heterocycles. The maximum absolute atomic E-state index is 12.4. The highest BCUT2D eigenvalue weighted by Gasteiger charge is 2.19. The van der Waals surface area contributed by atoms with Gasteiger partial charge in [-0.05, 0) is 32.0 Å². The lowest BCUT2D eigenvalue weighted by Gasteiger charge is -2.08. The van der Waals surface area contributed by atoms with Gasteiger partial charge in [0.2, 0.25) is 5.13 Å². The van der Waals surface area contributed by atoms with Crippen LogP contribution in [0.3, 0.4) is 0 Å². The fraction of sp³-hybridized carbons (Fsp3) is 0.333. The highest BCUT2D eigenvalue weighted by Crippen LogP contribution is 2.30. The molecule has 1 unspecified atom stereocenters. The number of esters is 1. The minimum atomic E-state index is -0.413. The third-order valence-electron chi connectivity index (χ3n) is 2.93. The van der Waals surface area contributed by atoms with Gasteiger partial charge in [-0.25, -0.2) is 0 Å². The zero-order valence-corrected chi connectivity index (χ0v) is 16.1. The van der Waals surface area contributed by atoms with E-state index in [1.807, 2.05) is 0 Å². The highest BCUT2D eigenvalue weighted by atomic mass is 35.5. The Kier molecular flexibility index (Phi) is 7.03. The molecular formula is C15H16ClN3O4S2. The van der Waals surface area contributed by atoms with E-state index >= 15 is 0 Å². The van der Waals surface area contributed by atoms with Crippen molar-refractivity contribution in [2.75, 3.05) is 19.0 Å². The van der Waals surface area contributed by atoms with E-state index in [9.17, 15) is 9.59 Å². The van der Waals surface area contributed by atoms with Crippen LogP contribution < -0.4 is 10.1 Å². The van der Waals surface area contributed by atoms with Crippen molar-refractivity contribution in [2.45, 2.75) is 23.4 Å². The van der Waals surface area contributed by atoms with Crippen molar-refractivity contribution in [3.05, 3.63) is 28.8 Å². The van der Waals surface area contributed by atoms with E-state index in [4.69, 9.17) is 21.1 Å². The van der Waals surface area contributed by atoms with Crippen molar-refractivity contribution in [1.82, 2.24) is 10.2 Å². The van der Waals surface area contributed by atoms with E-state index < -0.39 is 11.2 Å². The standard InChI is InChI=1S/C15H16ClN3O4S2/c1-4-23-13(21)8(2)24-15-19-18-14(25-15)17-12(20)10-7-9(16)5-6-11(10)22-3/h5-8H,4H2,1-3H3,(H,17,18,20). The van der Waals surface area contributed by atoms with Crippen molar-refractivity contribution in [3.63, 3.8) is 0 Å². The second kappa shape index (κ2) is 9.02. The van der Waals surface area contributed by atoms with E-state index in [0.29, 0.717) is 32.4 Å². The van der Waals surface area contributed by atoms with Crippen LogP contribution in [0.5, 0.6) is 5.75 Å².